The normalized spacial score (nSPS) is 10.2. The average molecular weight is 177 g/mol. The van der Waals surface area contributed by atoms with E-state index in [4.69, 9.17) is 11.5 Å². The number of nitrogens with zero attached hydrogens (tertiary/aromatic N) is 4. The summed E-state index contributed by atoms with van der Waals surface area (Å²) in [4.78, 5) is 3.86. The predicted molar refractivity (Wildman–Crippen MR) is 46.2 cm³/mol. The molecule has 0 fully saturated rings. The van der Waals surface area contributed by atoms with Crippen LogP contribution in [-0.2, 0) is 0 Å². The van der Waals surface area contributed by atoms with Gasteiger partial charge in [0.25, 0.3) is 0 Å². The molecule has 66 valence electrons. The van der Waals surface area contributed by atoms with Gasteiger partial charge in [-0.25, -0.2) is 4.98 Å². The highest BCUT2D eigenvalue weighted by atomic mass is 15.5. The molecule has 2 heterocycles. The van der Waals surface area contributed by atoms with Gasteiger partial charge in [-0.05, 0) is 17.3 Å². The summed E-state index contributed by atoms with van der Waals surface area (Å²) in [5.41, 5.74) is 11.6. The number of nitrogens with one attached hydrogen (secondary N) is 1. The summed E-state index contributed by atoms with van der Waals surface area (Å²) in [6, 6.07) is 3.32. The molecule has 0 saturated heterocycles. The maximum Gasteiger partial charge on any atom is 0.208 e. The number of aromatic amines is 1. The van der Waals surface area contributed by atoms with E-state index in [2.05, 4.69) is 25.6 Å². The van der Waals surface area contributed by atoms with Crippen LogP contribution in [0.1, 0.15) is 0 Å². The van der Waals surface area contributed by atoms with Crippen molar-refractivity contribution in [1.29, 1.82) is 0 Å². The van der Waals surface area contributed by atoms with Crippen LogP contribution in [0.15, 0.2) is 12.1 Å². The number of nitrogens with two attached hydrogens (primary N) is 2. The van der Waals surface area contributed by atoms with Crippen molar-refractivity contribution in [2.24, 2.45) is 0 Å². The molecule has 0 saturated carbocycles. The number of hydrogen-bond acceptors (Lipinski definition) is 6. The summed E-state index contributed by atoms with van der Waals surface area (Å²) in [5, 5.41) is 13.3. The van der Waals surface area contributed by atoms with Crippen molar-refractivity contribution < 1.29 is 0 Å². The van der Waals surface area contributed by atoms with Crippen LogP contribution in [-0.4, -0.2) is 25.6 Å². The standard InChI is InChI=1S/C6H7N7/c7-4-2-1-3(5(8)9-4)6-10-12-13-11-6/h1-2H,(H4,7,8,9)(H,10,11,12,13). The first-order valence-corrected chi connectivity index (χ1v) is 3.53. The van der Waals surface area contributed by atoms with Gasteiger partial charge in [-0.3, -0.25) is 0 Å². The van der Waals surface area contributed by atoms with Crippen molar-refractivity contribution in [3.05, 3.63) is 12.1 Å². The molecule has 13 heavy (non-hydrogen) atoms. The molecule has 2 aromatic heterocycles. The van der Waals surface area contributed by atoms with E-state index in [9.17, 15) is 0 Å². The lowest BCUT2D eigenvalue weighted by Crippen LogP contribution is -1.98. The van der Waals surface area contributed by atoms with E-state index < -0.39 is 0 Å². The van der Waals surface area contributed by atoms with E-state index in [1.165, 1.54) is 0 Å². The summed E-state index contributed by atoms with van der Waals surface area (Å²) >= 11 is 0. The maximum atomic E-state index is 5.60. The lowest BCUT2D eigenvalue weighted by Gasteiger charge is -1.99. The summed E-state index contributed by atoms with van der Waals surface area (Å²) in [7, 11) is 0. The zero-order chi connectivity index (χ0) is 9.26. The molecule has 0 aliphatic carbocycles. The fourth-order valence-electron chi connectivity index (χ4n) is 0.956. The average Bonchev–Trinajstić information content (AvgIpc) is 2.56. The minimum atomic E-state index is 0.293. The molecular weight excluding hydrogens is 170 g/mol. The first-order chi connectivity index (χ1) is 6.27. The van der Waals surface area contributed by atoms with Gasteiger partial charge in [-0.15, -0.1) is 10.2 Å². The minimum Gasteiger partial charge on any atom is -0.384 e. The number of aromatic nitrogens is 5. The highest BCUT2D eigenvalue weighted by Gasteiger charge is 2.07. The Hall–Kier alpha value is -2.18. The van der Waals surface area contributed by atoms with Gasteiger partial charge >= 0.3 is 0 Å². The van der Waals surface area contributed by atoms with Gasteiger partial charge in [0.2, 0.25) is 5.82 Å². The Labute approximate surface area is 73.2 Å². The summed E-state index contributed by atoms with van der Waals surface area (Å²) in [5.74, 6) is 1.07. The number of H-pyrrole nitrogens is 1. The molecule has 0 spiro atoms. The Balaban J connectivity index is 2.53. The SMILES string of the molecule is Nc1ccc(-c2nn[nH]n2)c(N)n1. The molecule has 7 nitrogen and oxygen atoms in total. The van der Waals surface area contributed by atoms with Gasteiger partial charge in [0, 0.05) is 0 Å². The Morgan fingerprint density at radius 3 is 2.69 bits per heavy atom. The molecule has 0 aliphatic heterocycles. The smallest absolute Gasteiger partial charge is 0.208 e. The van der Waals surface area contributed by atoms with Crippen LogP contribution < -0.4 is 11.5 Å². The van der Waals surface area contributed by atoms with Crippen LogP contribution in [0.4, 0.5) is 11.6 Å². The van der Waals surface area contributed by atoms with Gasteiger partial charge < -0.3 is 11.5 Å². The first-order valence-electron chi connectivity index (χ1n) is 3.53. The zero-order valence-corrected chi connectivity index (χ0v) is 6.60. The molecular formula is C6H7N7. The summed E-state index contributed by atoms with van der Waals surface area (Å²) < 4.78 is 0. The summed E-state index contributed by atoms with van der Waals surface area (Å²) in [6.45, 7) is 0. The quantitative estimate of drug-likeness (QED) is 0.536. The third-order valence-electron chi connectivity index (χ3n) is 1.53. The van der Waals surface area contributed by atoms with Crippen LogP contribution >= 0.6 is 0 Å². The van der Waals surface area contributed by atoms with E-state index in [1.54, 1.807) is 12.1 Å². The monoisotopic (exact) mass is 177 g/mol. The van der Waals surface area contributed by atoms with Crippen LogP contribution in [0.3, 0.4) is 0 Å². The van der Waals surface area contributed by atoms with Gasteiger partial charge in [0.1, 0.15) is 11.6 Å². The second-order valence-electron chi connectivity index (χ2n) is 2.40. The molecule has 0 unspecified atom stereocenters. The largest absolute Gasteiger partial charge is 0.384 e. The van der Waals surface area contributed by atoms with Crippen LogP contribution in [0.5, 0.6) is 0 Å². The number of hydrogen-bond donors (Lipinski definition) is 3. The molecule has 0 aromatic carbocycles. The Bertz CT molecular complexity index is 407. The number of rotatable bonds is 1. The number of nitrogen functional groups attached to an aromatic ring is 2. The fraction of sp³-hybridized carbons (Fsp3) is 0. The molecule has 0 atom stereocenters. The topological polar surface area (TPSA) is 119 Å². The predicted octanol–water partition coefficient (Wildman–Crippen LogP) is -0.574. The second kappa shape index (κ2) is 2.70. The Morgan fingerprint density at radius 2 is 2.08 bits per heavy atom. The van der Waals surface area contributed by atoms with E-state index >= 15 is 0 Å². The number of anilines is 2. The van der Waals surface area contributed by atoms with Gasteiger partial charge in [-0.1, -0.05) is 0 Å². The molecule has 0 aliphatic rings. The molecule has 0 bridgehead atoms. The van der Waals surface area contributed by atoms with Crippen LogP contribution in [0, 0.1) is 0 Å². The van der Waals surface area contributed by atoms with Crippen molar-refractivity contribution in [3.63, 3.8) is 0 Å². The van der Waals surface area contributed by atoms with Crippen molar-refractivity contribution >= 4 is 11.6 Å². The molecule has 2 rings (SSSR count). The van der Waals surface area contributed by atoms with Gasteiger partial charge in [0.15, 0.2) is 0 Å². The first kappa shape index (κ1) is 7.47. The van der Waals surface area contributed by atoms with Crippen LogP contribution in [0.25, 0.3) is 11.4 Å². The highest BCUT2D eigenvalue weighted by Crippen LogP contribution is 2.20. The Morgan fingerprint density at radius 1 is 1.23 bits per heavy atom. The number of pyridine rings is 1. The minimum absolute atomic E-state index is 0.293. The lowest BCUT2D eigenvalue weighted by molar-refractivity contribution is 0.881. The molecule has 0 radical (unpaired) electrons. The maximum absolute atomic E-state index is 5.60. The molecule has 2 aromatic rings. The molecule has 7 heteroatoms. The lowest BCUT2D eigenvalue weighted by atomic mass is 10.2. The third-order valence-corrected chi connectivity index (χ3v) is 1.53. The van der Waals surface area contributed by atoms with Crippen molar-refractivity contribution in [2.75, 3.05) is 11.5 Å². The van der Waals surface area contributed by atoms with Gasteiger partial charge in [-0.2, -0.15) is 5.21 Å². The van der Waals surface area contributed by atoms with Crippen molar-refractivity contribution in [2.45, 2.75) is 0 Å². The molecule has 5 N–H and O–H groups in total. The summed E-state index contributed by atoms with van der Waals surface area (Å²) in [6.07, 6.45) is 0. The zero-order valence-electron chi connectivity index (χ0n) is 6.60. The van der Waals surface area contributed by atoms with E-state index in [0.29, 0.717) is 23.0 Å². The van der Waals surface area contributed by atoms with E-state index in [0.717, 1.165) is 0 Å². The van der Waals surface area contributed by atoms with E-state index in [-0.39, 0.29) is 0 Å². The molecule has 0 amide bonds. The number of tetrazole rings is 1. The Kier molecular flexibility index (Phi) is 1.55. The third kappa shape index (κ3) is 1.26. The van der Waals surface area contributed by atoms with Gasteiger partial charge in [0.05, 0.1) is 5.56 Å². The van der Waals surface area contributed by atoms with Crippen molar-refractivity contribution in [1.82, 2.24) is 25.6 Å². The fourth-order valence-corrected chi connectivity index (χ4v) is 0.956. The van der Waals surface area contributed by atoms with E-state index in [1.807, 2.05) is 0 Å². The highest BCUT2D eigenvalue weighted by molar-refractivity contribution is 5.69. The van der Waals surface area contributed by atoms with Crippen molar-refractivity contribution in [3.8, 4) is 11.4 Å². The van der Waals surface area contributed by atoms with Crippen LogP contribution in [0.2, 0.25) is 0 Å². The second-order valence-corrected chi connectivity index (χ2v) is 2.40.